The van der Waals surface area contributed by atoms with Gasteiger partial charge in [0.05, 0.1) is 25.4 Å². The fourth-order valence-electron chi connectivity index (χ4n) is 2.43. The molecule has 0 bridgehead atoms. The Morgan fingerprint density at radius 3 is 2.21 bits per heavy atom. The Morgan fingerprint density at radius 1 is 1.00 bits per heavy atom. The second-order valence-corrected chi connectivity index (χ2v) is 4.90. The summed E-state index contributed by atoms with van der Waals surface area (Å²) in [7, 11) is 2.51. The SMILES string of the molecule is C=C(C(=O)OC)c1c(-c2ccccc2OC)cccc1C(F)(F)F. The average molecular weight is 336 g/mol. The van der Waals surface area contributed by atoms with E-state index in [4.69, 9.17) is 4.74 Å². The molecule has 0 aliphatic carbocycles. The number of methoxy groups -OCH3 is 2. The molecule has 24 heavy (non-hydrogen) atoms. The maximum atomic E-state index is 13.4. The number of para-hydroxylation sites is 1. The number of carbonyl (C=O) groups excluding carboxylic acids is 1. The first kappa shape index (κ1) is 17.6. The van der Waals surface area contributed by atoms with Crippen molar-refractivity contribution < 1.29 is 27.4 Å². The van der Waals surface area contributed by atoms with E-state index in [1.807, 2.05) is 0 Å². The number of hydrogen-bond acceptors (Lipinski definition) is 3. The fraction of sp³-hybridized carbons (Fsp3) is 0.167. The summed E-state index contributed by atoms with van der Waals surface area (Å²) in [5.74, 6) is -0.543. The van der Waals surface area contributed by atoms with E-state index in [-0.39, 0.29) is 16.7 Å². The van der Waals surface area contributed by atoms with Crippen molar-refractivity contribution in [3.8, 4) is 16.9 Å². The molecule has 0 atom stereocenters. The van der Waals surface area contributed by atoms with Crippen LogP contribution in [0.5, 0.6) is 5.75 Å². The van der Waals surface area contributed by atoms with Crippen molar-refractivity contribution in [1.82, 2.24) is 0 Å². The molecule has 0 saturated heterocycles. The second kappa shape index (κ2) is 6.78. The fourth-order valence-corrected chi connectivity index (χ4v) is 2.43. The van der Waals surface area contributed by atoms with Gasteiger partial charge in [-0.25, -0.2) is 4.79 Å². The first-order valence-corrected chi connectivity index (χ1v) is 6.92. The summed E-state index contributed by atoms with van der Waals surface area (Å²) in [6, 6.07) is 10.3. The molecular formula is C18H15F3O3. The molecule has 0 radical (unpaired) electrons. The summed E-state index contributed by atoms with van der Waals surface area (Å²) in [6.07, 6.45) is -4.65. The van der Waals surface area contributed by atoms with E-state index in [0.717, 1.165) is 13.2 Å². The maximum absolute atomic E-state index is 13.4. The molecular weight excluding hydrogens is 321 g/mol. The number of halogens is 3. The molecule has 0 saturated carbocycles. The molecule has 0 aromatic heterocycles. The minimum atomic E-state index is -4.65. The van der Waals surface area contributed by atoms with Crippen LogP contribution >= 0.6 is 0 Å². The summed E-state index contributed by atoms with van der Waals surface area (Å²) in [5, 5.41) is 0. The third-order valence-electron chi connectivity index (χ3n) is 3.50. The van der Waals surface area contributed by atoms with Crippen LogP contribution in [0.15, 0.2) is 49.0 Å². The van der Waals surface area contributed by atoms with Crippen LogP contribution in [-0.4, -0.2) is 20.2 Å². The lowest BCUT2D eigenvalue weighted by Crippen LogP contribution is -2.13. The molecule has 2 rings (SSSR count). The van der Waals surface area contributed by atoms with Crippen LogP contribution in [0.25, 0.3) is 16.7 Å². The van der Waals surface area contributed by atoms with Gasteiger partial charge in [-0.3, -0.25) is 0 Å². The third-order valence-corrected chi connectivity index (χ3v) is 3.50. The normalized spacial score (nSPS) is 11.0. The summed E-state index contributed by atoms with van der Waals surface area (Å²) in [6.45, 7) is 3.50. The van der Waals surface area contributed by atoms with Crippen molar-refractivity contribution in [2.24, 2.45) is 0 Å². The highest BCUT2D eigenvalue weighted by atomic mass is 19.4. The highest BCUT2D eigenvalue weighted by molar-refractivity contribution is 6.18. The molecule has 0 aliphatic heterocycles. The Balaban J connectivity index is 2.82. The molecule has 0 aliphatic rings. The smallest absolute Gasteiger partial charge is 0.417 e. The summed E-state index contributed by atoms with van der Waals surface area (Å²) < 4.78 is 50.1. The number of rotatable bonds is 4. The van der Waals surface area contributed by atoms with Crippen LogP contribution in [0.1, 0.15) is 11.1 Å². The molecule has 0 fully saturated rings. The Bertz CT molecular complexity index is 779. The number of carbonyl (C=O) groups is 1. The number of esters is 1. The maximum Gasteiger partial charge on any atom is 0.417 e. The monoisotopic (exact) mass is 336 g/mol. The summed E-state index contributed by atoms with van der Waals surface area (Å²) in [4.78, 5) is 11.8. The second-order valence-electron chi connectivity index (χ2n) is 4.90. The molecule has 3 nitrogen and oxygen atoms in total. The zero-order valence-electron chi connectivity index (χ0n) is 13.1. The van der Waals surface area contributed by atoms with Gasteiger partial charge < -0.3 is 9.47 Å². The summed E-state index contributed by atoms with van der Waals surface area (Å²) >= 11 is 0. The van der Waals surface area contributed by atoms with E-state index in [1.165, 1.54) is 19.2 Å². The van der Waals surface area contributed by atoms with Gasteiger partial charge in [-0.1, -0.05) is 36.9 Å². The van der Waals surface area contributed by atoms with E-state index >= 15 is 0 Å². The number of hydrogen-bond donors (Lipinski definition) is 0. The topological polar surface area (TPSA) is 35.5 Å². The standard InChI is InChI=1S/C18H15F3O3/c1-11(17(22)24-3)16-13(8-6-9-14(16)18(19,20)21)12-7-4-5-10-15(12)23-2/h4-10H,1H2,2-3H3. The minimum absolute atomic E-state index is 0.192. The predicted octanol–water partition coefficient (Wildman–Crippen LogP) is 4.57. The first-order chi connectivity index (χ1) is 11.3. The lowest BCUT2D eigenvalue weighted by Gasteiger charge is -2.19. The Kier molecular flexibility index (Phi) is 4.97. The Morgan fingerprint density at radius 2 is 1.62 bits per heavy atom. The van der Waals surface area contributed by atoms with Crippen LogP contribution in [0.4, 0.5) is 13.2 Å². The molecule has 2 aromatic rings. The van der Waals surface area contributed by atoms with Crippen LogP contribution < -0.4 is 4.74 Å². The highest BCUT2D eigenvalue weighted by Crippen LogP contribution is 2.42. The van der Waals surface area contributed by atoms with Crippen LogP contribution in [0, 0.1) is 0 Å². The van der Waals surface area contributed by atoms with Gasteiger partial charge in [-0.2, -0.15) is 13.2 Å². The van der Waals surface area contributed by atoms with E-state index in [9.17, 15) is 18.0 Å². The Labute approximate surface area is 137 Å². The van der Waals surface area contributed by atoms with Gasteiger partial charge >= 0.3 is 12.1 Å². The van der Waals surface area contributed by atoms with Crippen molar-refractivity contribution in [1.29, 1.82) is 0 Å². The van der Waals surface area contributed by atoms with Crippen molar-refractivity contribution >= 4 is 11.5 Å². The summed E-state index contributed by atoms with van der Waals surface area (Å²) in [5.41, 5.74) is -1.03. The Hall–Kier alpha value is -2.76. The molecule has 6 heteroatoms. The molecule has 0 heterocycles. The first-order valence-electron chi connectivity index (χ1n) is 6.92. The van der Waals surface area contributed by atoms with Crippen LogP contribution in [0.3, 0.4) is 0 Å². The lowest BCUT2D eigenvalue weighted by atomic mass is 9.90. The van der Waals surface area contributed by atoms with Gasteiger partial charge in [-0.15, -0.1) is 0 Å². The van der Waals surface area contributed by atoms with E-state index in [1.54, 1.807) is 24.3 Å². The quantitative estimate of drug-likeness (QED) is 0.606. The lowest BCUT2D eigenvalue weighted by molar-refractivity contribution is -0.138. The van der Waals surface area contributed by atoms with Crippen LogP contribution in [-0.2, 0) is 15.7 Å². The minimum Gasteiger partial charge on any atom is -0.496 e. The molecule has 0 N–H and O–H groups in total. The zero-order chi connectivity index (χ0) is 17.9. The van der Waals surface area contributed by atoms with Gasteiger partial charge in [0.25, 0.3) is 0 Å². The number of alkyl halides is 3. The van der Waals surface area contributed by atoms with E-state index < -0.39 is 17.7 Å². The third kappa shape index (κ3) is 3.27. The van der Waals surface area contributed by atoms with Crippen molar-refractivity contribution in [3.05, 3.63) is 60.2 Å². The molecule has 126 valence electrons. The molecule has 0 unspecified atom stereocenters. The highest BCUT2D eigenvalue weighted by Gasteiger charge is 2.36. The largest absolute Gasteiger partial charge is 0.496 e. The number of benzene rings is 2. The zero-order valence-corrected chi connectivity index (χ0v) is 13.1. The van der Waals surface area contributed by atoms with Crippen molar-refractivity contribution in [2.45, 2.75) is 6.18 Å². The average Bonchev–Trinajstić information content (AvgIpc) is 2.58. The molecule has 2 aromatic carbocycles. The van der Waals surface area contributed by atoms with E-state index in [0.29, 0.717) is 11.3 Å². The van der Waals surface area contributed by atoms with Gasteiger partial charge in [0.1, 0.15) is 5.75 Å². The van der Waals surface area contributed by atoms with Gasteiger partial charge in [0.15, 0.2) is 0 Å². The number of ether oxygens (including phenoxy) is 2. The predicted molar refractivity (Wildman–Crippen MR) is 84.5 cm³/mol. The van der Waals surface area contributed by atoms with Gasteiger partial charge in [-0.05, 0) is 17.7 Å². The van der Waals surface area contributed by atoms with Gasteiger partial charge in [0, 0.05) is 11.1 Å². The van der Waals surface area contributed by atoms with Crippen molar-refractivity contribution in [3.63, 3.8) is 0 Å². The molecule has 0 amide bonds. The molecule has 0 spiro atoms. The van der Waals surface area contributed by atoms with E-state index in [2.05, 4.69) is 11.3 Å². The van der Waals surface area contributed by atoms with Crippen molar-refractivity contribution in [2.75, 3.05) is 14.2 Å². The van der Waals surface area contributed by atoms with Gasteiger partial charge in [0.2, 0.25) is 0 Å². The van der Waals surface area contributed by atoms with Crippen LogP contribution in [0.2, 0.25) is 0 Å².